The average Bonchev–Trinajstić information content (AvgIpc) is 2.53. The molecule has 2 aromatic rings. The van der Waals surface area contributed by atoms with Gasteiger partial charge in [-0.05, 0) is 12.1 Å². The summed E-state index contributed by atoms with van der Waals surface area (Å²) in [5, 5.41) is 10.4. The van der Waals surface area contributed by atoms with Gasteiger partial charge in [0.2, 0.25) is 17.6 Å². The van der Waals surface area contributed by atoms with Crippen molar-refractivity contribution in [3.63, 3.8) is 0 Å². The van der Waals surface area contributed by atoms with Gasteiger partial charge in [0.05, 0.1) is 27.5 Å². The highest BCUT2D eigenvalue weighted by Crippen LogP contribution is 2.31. The van der Waals surface area contributed by atoms with Crippen LogP contribution in [-0.4, -0.2) is 41.4 Å². The summed E-state index contributed by atoms with van der Waals surface area (Å²) in [6, 6.07) is 3.40. The van der Waals surface area contributed by atoms with Crippen LogP contribution in [0.3, 0.4) is 0 Å². The molecule has 0 radical (unpaired) electrons. The summed E-state index contributed by atoms with van der Waals surface area (Å²) in [4.78, 5) is 12.2. The summed E-state index contributed by atoms with van der Waals surface area (Å²) in [6.07, 6.45) is 1.92. The Morgan fingerprint density at radius 1 is 1.05 bits per heavy atom. The molecule has 106 valence electrons. The van der Waals surface area contributed by atoms with Gasteiger partial charge < -0.3 is 19.3 Å². The molecule has 1 unspecified atom stereocenters. The van der Waals surface area contributed by atoms with Crippen molar-refractivity contribution >= 4 is 0 Å². The van der Waals surface area contributed by atoms with Crippen LogP contribution in [0, 0.1) is 0 Å². The molecule has 20 heavy (non-hydrogen) atoms. The lowest BCUT2D eigenvalue weighted by atomic mass is 10.1. The van der Waals surface area contributed by atoms with Crippen molar-refractivity contribution in [1.29, 1.82) is 0 Å². The van der Waals surface area contributed by atoms with Crippen molar-refractivity contribution < 1.29 is 19.3 Å². The number of aliphatic hydroxyl groups is 1. The van der Waals surface area contributed by atoms with Crippen molar-refractivity contribution in [3.05, 3.63) is 35.8 Å². The van der Waals surface area contributed by atoms with Crippen LogP contribution in [0.1, 0.15) is 17.4 Å². The Morgan fingerprint density at radius 3 is 2.45 bits per heavy atom. The van der Waals surface area contributed by atoms with Crippen molar-refractivity contribution in [3.8, 4) is 17.6 Å². The summed E-state index contributed by atoms with van der Waals surface area (Å²) in [6.45, 7) is 0. The third-order valence-corrected chi connectivity index (χ3v) is 2.69. The number of aromatic nitrogens is 3. The second-order valence-corrected chi connectivity index (χ2v) is 3.81. The number of hydrogen-bond donors (Lipinski definition) is 1. The van der Waals surface area contributed by atoms with E-state index in [0.717, 1.165) is 0 Å². The maximum Gasteiger partial charge on any atom is 0.241 e. The molecule has 2 heterocycles. The molecule has 0 aliphatic rings. The zero-order valence-electron chi connectivity index (χ0n) is 11.4. The number of methoxy groups -OCH3 is 3. The van der Waals surface area contributed by atoms with Crippen LogP contribution in [0.25, 0.3) is 0 Å². The van der Waals surface area contributed by atoms with Gasteiger partial charge in [-0.25, -0.2) is 9.97 Å². The highest BCUT2D eigenvalue weighted by Gasteiger charge is 2.22. The zero-order valence-corrected chi connectivity index (χ0v) is 11.4. The molecule has 2 aromatic heterocycles. The highest BCUT2D eigenvalue weighted by molar-refractivity contribution is 5.37. The topological polar surface area (TPSA) is 86.6 Å². The Hall–Kier alpha value is -2.41. The summed E-state index contributed by atoms with van der Waals surface area (Å²) in [5.41, 5.74) is 0.743. The van der Waals surface area contributed by atoms with E-state index in [4.69, 9.17) is 14.2 Å². The molecule has 0 fully saturated rings. The number of rotatable bonds is 5. The summed E-state index contributed by atoms with van der Waals surface area (Å²) < 4.78 is 15.2. The minimum absolute atomic E-state index is 0.183. The fourth-order valence-electron chi connectivity index (χ4n) is 1.73. The minimum atomic E-state index is -1.06. The summed E-state index contributed by atoms with van der Waals surface area (Å²) in [7, 11) is 4.40. The van der Waals surface area contributed by atoms with E-state index in [2.05, 4.69) is 15.0 Å². The quantitative estimate of drug-likeness (QED) is 0.871. The molecule has 0 saturated heterocycles. The summed E-state index contributed by atoms with van der Waals surface area (Å²) in [5.74, 6) is 0.804. The molecule has 0 aliphatic heterocycles. The van der Waals surface area contributed by atoms with Crippen LogP contribution in [0.5, 0.6) is 17.6 Å². The van der Waals surface area contributed by atoms with Gasteiger partial charge in [-0.15, -0.1) is 0 Å². The van der Waals surface area contributed by atoms with Crippen LogP contribution < -0.4 is 14.2 Å². The molecule has 7 nitrogen and oxygen atoms in total. The molecule has 7 heteroatoms. The number of aliphatic hydroxyl groups excluding tert-OH is 1. The Bertz CT molecular complexity index is 592. The standard InChI is InChI=1S/C13H15N3O4/c1-18-9-7-15-10(13(16-9)20-3)11(17)8-5-4-6-14-12(8)19-2/h4-7,11,17H,1-3H3. The first-order valence-electron chi connectivity index (χ1n) is 5.83. The van der Waals surface area contributed by atoms with Crippen molar-refractivity contribution in [2.45, 2.75) is 6.10 Å². The SMILES string of the molecule is COc1cnc(C(O)c2cccnc2OC)c(OC)n1. The number of pyridine rings is 1. The lowest BCUT2D eigenvalue weighted by molar-refractivity contribution is 0.200. The van der Waals surface area contributed by atoms with Gasteiger partial charge in [-0.1, -0.05) is 0 Å². The predicted molar refractivity (Wildman–Crippen MR) is 70.0 cm³/mol. The molecule has 2 rings (SSSR count). The fraction of sp³-hybridized carbons (Fsp3) is 0.308. The van der Waals surface area contributed by atoms with Crippen LogP contribution in [0.4, 0.5) is 0 Å². The van der Waals surface area contributed by atoms with E-state index in [1.54, 1.807) is 18.3 Å². The van der Waals surface area contributed by atoms with Crippen molar-refractivity contribution in [2.75, 3.05) is 21.3 Å². The number of hydrogen-bond acceptors (Lipinski definition) is 7. The third kappa shape index (κ3) is 2.62. The first-order valence-corrected chi connectivity index (χ1v) is 5.83. The van der Waals surface area contributed by atoms with Gasteiger partial charge in [0.1, 0.15) is 11.8 Å². The fourth-order valence-corrected chi connectivity index (χ4v) is 1.73. The Morgan fingerprint density at radius 2 is 1.80 bits per heavy atom. The third-order valence-electron chi connectivity index (χ3n) is 2.69. The second-order valence-electron chi connectivity index (χ2n) is 3.81. The monoisotopic (exact) mass is 277 g/mol. The second kappa shape index (κ2) is 6.16. The van der Waals surface area contributed by atoms with Crippen LogP contribution in [-0.2, 0) is 0 Å². The maximum atomic E-state index is 10.4. The molecule has 0 spiro atoms. The minimum Gasteiger partial charge on any atom is -0.481 e. The molecule has 1 atom stereocenters. The van der Waals surface area contributed by atoms with E-state index in [-0.39, 0.29) is 11.6 Å². The Balaban J connectivity index is 2.45. The molecular weight excluding hydrogens is 262 g/mol. The van der Waals surface area contributed by atoms with Gasteiger partial charge in [-0.2, -0.15) is 4.98 Å². The van der Waals surface area contributed by atoms with E-state index in [9.17, 15) is 5.11 Å². The number of ether oxygens (including phenoxy) is 3. The molecule has 1 N–H and O–H groups in total. The van der Waals surface area contributed by atoms with Crippen LogP contribution in [0.15, 0.2) is 24.5 Å². The molecular formula is C13H15N3O4. The smallest absolute Gasteiger partial charge is 0.241 e. The first kappa shape index (κ1) is 14.0. The van der Waals surface area contributed by atoms with Crippen molar-refractivity contribution in [1.82, 2.24) is 15.0 Å². The normalized spacial score (nSPS) is 11.8. The lowest BCUT2D eigenvalue weighted by Gasteiger charge is -2.15. The van der Waals surface area contributed by atoms with Gasteiger partial charge in [-0.3, -0.25) is 0 Å². The number of nitrogens with zero attached hydrogens (tertiary/aromatic N) is 3. The van der Waals surface area contributed by atoms with E-state index in [1.165, 1.54) is 27.5 Å². The first-order chi connectivity index (χ1) is 9.71. The molecule has 0 amide bonds. The summed E-state index contributed by atoms with van der Waals surface area (Å²) >= 11 is 0. The molecule has 0 saturated carbocycles. The largest absolute Gasteiger partial charge is 0.481 e. The van der Waals surface area contributed by atoms with Gasteiger partial charge in [0, 0.05) is 11.8 Å². The molecule has 0 aromatic carbocycles. The highest BCUT2D eigenvalue weighted by atomic mass is 16.5. The van der Waals surface area contributed by atoms with Gasteiger partial charge in [0.25, 0.3) is 0 Å². The molecule has 0 aliphatic carbocycles. The van der Waals surface area contributed by atoms with Crippen LogP contribution >= 0.6 is 0 Å². The molecule has 0 bridgehead atoms. The average molecular weight is 277 g/mol. The zero-order chi connectivity index (χ0) is 14.5. The Kier molecular flexibility index (Phi) is 4.31. The van der Waals surface area contributed by atoms with Crippen LogP contribution in [0.2, 0.25) is 0 Å². The van der Waals surface area contributed by atoms with Gasteiger partial charge >= 0.3 is 0 Å². The van der Waals surface area contributed by atoms with Gasteiger partial charge in [0.15, 0.2) is 0 Å². The van der Waals surface area contributed by atoms with E-state index in [0.29, 0.717) is 17.3 Å². The van der Waals surface area contributed by atoms with E-state index < -0.39 is 6.10 Å². The van der Waals surface area contributed by atoms with Crippen molar-refractivity contribution in [2.24, 2.45) is 0 Å². The Labute approximate surface area is 116 Å². The lowest BCUT2D eigenvalue weighted by Crippen LogP contribution is -2.09. The predicted octanol–water partition coefficient (Wildman–Crippen LogP) is 0.979. The van der Waals surface area contributed by atoms with E-state index >= 15 is 0 Å². The van der Waals surface area contributed by atoms with E-state index in [1.807, 2.05) is 0 Å². The maximum absolute atomic E-state index is 10.4.